The number of aryl methyl sites for hydroxylation is 1. The van der Waals surface area contributed by atoms with Crippen molar-refractivity contribution in [2.45, 2.75) is 45.6 Å². The van der Waals surface area contributed by atoms with Gasteiger partial charge in [0.15, 0.2) is 0 Å². The fraction of sp³-hybridized carbons (Fsp3) is 0.412. The number of thiazole rings is 1. The molecule has 0 aliphatic heterocycles. The van der Waals surface area contributed by atoms with Crippen LogP contribution in [0.15, 0.2) is 29.8 Å². The van der Waals surface area contributed by atoms with Gasteiger partial charge in [0.2, 0.25) is 0 Å². The molecular weight excluding hydrogens is 282 g/mol. The van der Waals surface area contributed by atoms with Gasteiger partial charge in [-0.1, -0.05) is 50.5 Å². The Labute approximate surface area is 130 Å². The fourth-order valence-electron chi connectivity index (χ4n) is 2.40. The lowest BCUT2D eigenvalue weighted by atomic mass is 9.98. The van der Waals surface area contributed by atoms with Gasteiger partial charge in [-0.25, -0.2) is 9.78 Å². The number of hydrogen-bond donors (Lipinski definition) is 0. The lowest BCUT2D eigenvalue weighted by Gasteiger charge is -2.09. The molecule has 4 heteroatoms. The Morgan fingerprint density at radius 2 is 2.10 bits per heavy atom. The summed E-state index contributed by atoms with van der Waals surface area (Å²) in [6.45, 7) is 3.94. The number of unbranched alkanes of at least 4 members (excludes halogenated alkanes) is 3. The molecule has 0 saturated carbocycles. The van der Waals surface area contributed by atoms with Crippen LogP contribution in [0, 0.1) is 0 Å². The van der Waals surface area contributed by atoms with Crippen molar-refractivity contribution in [2.24, 2.45) is 0 Å². The third kappa shape index (κ3) is 4.39. The van der Waals surface area contributed by atoms with Crippen molar-refractivity contribution < 1.29 is 9.53 Å². The first-order valence-electron chi connectivity index (χ1n) is 7.36. The second-order valence-electron chi connectivity index (χ2n) is 4.96. The van der Waals surface area contributed by atoms with Gasteiger partial charge >= 0.3 is 6.47 Å². The molecule has 2 rings (SSSR count). The number of benzene rings is 1. The van der Waals surface area contributed by atoms with E-state index in [0.29, 0.717) is 0 Å². The molecule has 0 amide bonds. The van der Waals surface area contributed by atoms with Crippen LogP contribution in [0.2, 0.25) is 0 Å². The molecule has 111 valence electrons. The van der Waals surface area contributed by atoms with Gasteiger partial charge in [0.25, 0.3) is 0 Å². The summed E-state index contributed by atoms with van der Waals surface area (Å²) in [6, 6.07) is 8.36. The van der Waals surface area contributed by atoms with E-state index in [0.717, 1.165) is 22.6 Å². The fourth-order valence-corrected chi connectivity index (χ4v) is 3.09. The Balaban J connectivity index is 2.15. The maximum absolute atomic E-state index is 10.3. The third-order valence-electron chi connectivity index (χ3n) is 3.48. The van der Waals surface area contributed by atoms with Crippen LogP contribution in [-0.2, 0) is 22.6 Å². The van der Waals surface area contributed by atoms with Crippen LogP contribution in [-0.4, -0.2) is 11.5 Å². The van der Waals surface area contributed by atoms with Crippen LogP contribution in [0.4, 0.5) is 0 Å². The van der Waals surface area contributed by atoms with E-state index in [1.165, 1.54) is 49.1 Å². The summed E-state index contributed by atoms with van der Waals surface area (Å²) in [5.41, 5.74) is 5.20. The number of nitrogens with zero attached hydrogens (tertiary/aromatic N) is 1. The number of rotatable bonds is 9. The lowest BCUT2D eigenvalue weighted by molar-refractivity contribution is 0.270. The summed E-state index contributed by atoms with van der Waals surface area (Å²) in [6.07, 6.45) is 6.05. The predicted octanol–water partition coefficient (Wildman–Crippen LogP) is 4.52. The molecule has 1 aromatic heterocycles. The Hall–Kier alpha value is -1.68. The average Bonchev–Trinajstić information content (AvgIpc) is 2.98. The van der Waals surface area contributed by atoms with Crippen LogP contribution in [0.5, 0.6) is 0 Å². The van der Waals surface area contributed by atoms with Crippen molar-refractivity contribution >= 4 is 17.8 Å². The van der Waals surface area contributed by atoms with Gasteiger partial charge in [0.1, 0.15) is 6.61 Å². The van der Waals surface area contributed by atoms with Crippen molar-refractivity contribution in [1.82, 2.24) is 4.98 Å². The first kappa shape index (κ1) is 15.7. The maximum atomic E-state index is 10.3. The van der Waals surface area contributed by atoms with E-state index in [4.69, 9.17) is 4.74 Å². The van der Waals surface area contributed by atoms with Gasteiger partial charge in [-0.3, -0.25) is 0 Å². The average molecular weight is 302 g/mol. The van der Waals surface area contributed by atoms with Gasteiger partial charge in [-0.05, 0) is 18.4 Å². The van der Waals surface area contributed by atoms with E-state index in [1.807, 2.05) is 6.07 Å². The molecule has 0 bridgehead atoms. The zero-order valence-electron chi connectivity index (χ0n) is 12.3. The molecule has 1 aromatic carbocycles. The number of carbonyl (C=O) groups excluding carboxylic acids is 1. The molecule has 0 fully saturated rings. The largest absolute Gasteiger partial charge is 0.451 e. The molecule has 0 atom stereocenters. The molecule has 0 unspecified atom stereocenters. The molecule has 3 nitrogen and oxygen atoms in total. The summed E-state index contributed by atoms with van der Waals surface area (Å²) in [4.78, 5) is 15.7. The monoisotopic (exact) mass is 302 g/mol. The minimum absolute atomic E-state index is 0.244. The highest BCUT2D eigenvalue weighted by molar-refractivity contribution is 7.10. The van der Waals surface area contributed by atoms with Crippen LogP contribution >= 0.6 is 11.3 Å². The molecule has 0 N–H and O–H groups in total. The highest BCUT2D eigenvalue weighted by atomic mass is 32.1. The third-order valence-corrected chi connectivity index (χ3v) is 4.28. The van der Waals surface area contributed by atoms with Crippen molar-refractivity contribution in [3.63, 3.8) is 0 Å². The second kappa shape index (κ2) is 8.57. The Bertz CT molecular complexity index is 565. The van der Waals surface area contributed by atoms with E-state index in [2.05, 4.69) is 30.1 Å². The number of aromatic nitrogens is 1. The first-order chi connectivity index (χ1) is 10.4. The molecular formula is C17H20NO2S. The SMILES string of the molecule is CCCCCCc1ccccc1-c1ncsc1CO[C]=O. The van der Waals surface area contributed by atoms with Gasteiger partial charge < -0.3 is 4.74 Å². The molecule has 0 aliphatic rings. The number of hydrogen-bond acceptors (Lipinski definition) is 4. The van der Waals surface area contributed by atoms with Crippen LogP contribution < -0.4 is 0 Å². The first-order valence-corrected chi connectivity index (χ1v) is 8.24. The highest BCUT2D eigenvalue weighted by Gasteiger charge is 2.12. The van der Waals surface area contributed by atoms with E-state index < -0.39 is 0 Å². The molecule has 1 heterocycles. The quantitative estimate of drug-likeness (QED) is 0.639. The lowest BCUT2D eigenvalue weighted by Crippen LogP contribution is -1.95. The van der Waals surface area contributed by atoms with Gasteiger partial charge in [0, 0.05) is 5.56 Å². The Kier molecular flexibility index (Phi) is 6.41. The van der Waals surface area contributed by atoms with Crippen molar-refractivity contribution in [1.29, 1.82) is 0 Å². The van der Waals surface area contributed by atoms with Crippen LogP contribution in [0.25, 0.3) is 11.3 Å². The smallest absolute Gasteiger partial charge is 0.417 e. The standard InChI is InChI=1S/C17H20NO2S/c1-2-3-4-5-8-14-9-6-7-10-15(14)17-16(11-20-13-19)21-12-18-17/h6-7,9-10,12H,2-5,8,11H2,1H3. The summed E-state index contributed by atoms with van der Waals surface area (Å²) in [5.74, 6) is 0. The molecule has 2 aromatic rings. The van der Waals surface area contributed by atoms with Crippen LogP contribution in [0.3, 0.4) is 0 Å². The zero-order valence-corrected chi connectivity index (χ0v) is 13.1. The number of ether oxygens (including phenoxy) is 1. The zero-order chi connectivity index (χ0) is 14.9. The Morgan fingerprint density at radius 1 is 1.24 bits per heavy atom. The van der Waals surface area contributed by atoms with Gasteiger partial charge in [-0.15, -0.1) is 11.3 Å². The van der Waals surface area contributed by atoms with Crippen molar-refractivity contribution in [2.75, 3.05) is 0 Å². The Morgan fingerprint density at radius 3 is 2.90 bits per heavy atom. The van der Waals surface area contributed by atoms with Gasteiger partial charge in [0.05, 0.1) is 16.1 Å². The normalized spacial score (nSPS) is 10.5. The molecule has 0 saturated heterocycles. The van der Waals surface area contributed by atoms with Gasteiger partial charge in [-0.2, -0.15) is 0 Å². The van der Waals surface area contributed by atoms with Crippen LogP contribution in [0.1, 0.15) is 43.0 Å². The predicted molar refractivity (Wildman–Crippen MR) is 85.9 cm³/mol. The van der Waals surface area contributed by atoms with E-state index in [1.54, 1.807) is 5.51 Å². The minimum Gasteiger partial charge on any atom is -0.451 e. The summed E-state index contributed by atoms with van der Waals surface area (Å²) >= 11 is 1.51. The van der Waals surface area contributed by atoms with E-state index in [-0.39, 0.29) is 6.61 Å². The molecule has 21 heavy (non-hydrogen) atoms. The summed E-state index contributed by atoms with van der Waals surface area (Å²) in [5, 5.41) is 0. The molecule has 0 aliphatic carbocycles. The van der Waals surface area contributed by atoms with E-state index >= 15 is 0 Å². The summed E-state index contributed by atoms with van der Waals surface area (Å²) in [7, 11) is 0. The highest BCUT2D eigenvalue weighted by Crippen LogP contribution is 2.29. The maximum Gasteiger partial charge on any atom is 0.417 e. The van der Waals surface area contributed by atoms with Crippen molar-refractivity contribution in [3.8, 4) is 11.3 Å². The second-order valence-corrected chi connectivity index (χ2v) is 5.90. The topological polar surface area (TPSA) is 39.2 Å². The molecule has 1 radical (unpaired) electrons. The summed E-state index contributed by atoms with van der Waals surface area (Å²) < 4.78 is 4.76. The van der Waals surface area contributed by atoms with Crippen molar-refractivity contribution in [3.05, 3.63) is 40.2 Å². The minimum atomic E-state index is 0.244. The molecule has 0 spiro atoms. The van der Waals surface area contributed by atoms with E-state index in [9.17, 15) is 4.79 Å².